The van der Waals surface area contributed by atoms with Gasteiger partial charge in [-0.05, 0) is 31.4 Å². The largest absolute Gasteiger partial charge is 0.496 e. The van der Waals surface area contributed by atoms with Crippen molar-refractivity contribution in [2.75, 3.05) is 5.32 Å². The van der Waals surface area contributed by atoms with E-state index in [0.29, 0.717) is 5.13 Å². The minimum Gasteiger partial charge on any atom is -0.496 e. The Labute approximate surface area is 163 Å². The van der Waals surface area contributed by atoms with Crippen LogP contribution in [0.4, 0.5) is 5.13 Å². The van der Waals surface area contributed by atoms with Crippen LogP contribution >= 0.6 is 27.3 Å². The van der Waals surface area contributed by atoms with E-state index in [9.17, 15) is 9.59 Å². The lowest BCUT2D eigenvalue weighted by Gasteiger charge is -2.33. The highest BCUT2D eigenvalue weighted by molar-refractivity contribution is 9.10. The fourth-order valence-corrected chi connectivity index (χ4v) is 4.37. The molecule has 1 aliphatic carbocycles. The van der Waals surface area contributed by atoms with Gasteiger partial charge in [0.2, 0.25) is 0 Å². The molecule has 1 amide bonds. The number of carbonyl (C=O) groups is 2. The zero-order chi connectivity index (χ0) is 18.1. The van der Waals surface area contributed by atoms with E-state index in [1.54, 1.807) is 0 Å². The molecule has 2 unspecified atom stereocenters. The van der Waals surface area contributed by atoms with Crippen LogP contribution in [0.5, 0.6) is 0 Å². The Morgan fingerprint density at radius 2 is 2.00 bits per heavy atom. The van der Waals surface area contributed by atoms with Gasteiger partial charge in [0.15, 0.2) is 10.9 Å². The summed E-state index contributed by atoms with van der Waals surface area (Å²) in [4.78, 5) is 29.6. The van der Waals surface area contributed by atoms with E-state index in [2.05, 4.69) is 26.2 Å². The van der Waals surface area contributed by atoms with E-state index in [4.69, 9.17) is 4.74 Å². The van der Waals surface area contributed by atoms with Crippen molar-refractivity contribution in [3.63, 3.8) is 0 Å². The summed E-state index contributed by atoms with van der Waals surface area (Å²) in [5.74, 6) is -0.747. The summed E-state index contributed by atoms with van der Waals surface area (Å²) in [6, 6.07) is 7.79. The van der Waals surface area contributed by atoms with Crippen molar-refractivity contribution in [1.82, 2.24) is 4.98 Å². The zero-order valence-corrected chi connectivity index (χ0v) is 16.3. The molecule has 134 valence electrons. The van der Waals surface area contributed by atoms with Gasteiger partial charge in [-0.15, -0.1) is 11.3 Å². The number of benzene rings is 1. The standard InChI is InChI=1S/C19H17BrN2O3S/c20-12-7-5-11(6-8-12)15-10-26-19(21-15)22-18(24)14-9-25-16-4-2-1-3-13(16)17(14)23/h5-10,13,16H,1-4H2,(H,21,22,24). The van der Waals surface area contributed by atoms with Crippen LogP contribution in [0.3, 0.4) is 0 Å². The van der Waals surface area contributed by atoms with Gasteiger partial charge < -0.3 is 4.74 Å². The summed E-state index contributed by atoms with van der Waals surface area (Å²) in [5.41, 5.74) is 1.84. The van der Waals surface area contributed by atoms with Crippen LogP contribution in [0.2, 0.25) is 0 Å². The molecule has 0 saturated heterocycles. The normalized spacial score (nSPS) is 22.2. The van der Waals surface area contributed by atoms with Crippen molar-refractivity contribution < 1.29 is 14.3 Å². The number of Topliss-reactive ketones (excluding diaryl/α,β-unsaturated/α-hetero) is 1. The predicted molar refractivity (Wildman–Crippen MR) is 104 cm³/mol. The van der Waals surface area contributed by atoms with Crippen molar-refractivity contribution in [2.24, 2.45) is 5.92 Å². The number of ketones is 1. The summed E-state index contributed by atoms with van der Waals surface area (Å²) >= 11 is 4.74. The van der Waals surface area contributed by atoms with Crippen molar-refractivity contribution in [1.29, 1.82) is 0 Å². The third-order valence-corrected chi connectivity index (χ3v) is 6.06. The summed E-state index contributed by atoms with van der Waals surface area (Å²) in [6.45, 7) is 0. The first kappa shape index (κ1) is 17.4. The highest BCUT2D eigenvalue weighted by Gasteiger charge is 2.39. The average Bonchev–Trinajstić information content (AvgIpc) is 3.11. The van der Waals surface area contributed by atoms with Crippen LogP contribution in [0.15, 0.2) is 46.0 Å². The van der Waals surface area contributed by atoms with E-state index < -0.39 is 5.91 Å². The third kappa shape index (κ3) is 3.46. The van der Waals surface area contributed by atoms with E-state index in [1.165, 1.54) is 17.6 Å². The molecule has 26 heavy (non-hydrogen) atoms. The van der Waals surface area contributed by atoms with Crippen LogP contribution in [0, 0.1) is 5.92 Å². The average molecular weight is 433 g/mol. The van der Waals surface area contributed by atoms with Crippen molar-refractivity contribution in [3.05, 3.63) is 46.0 Å². The van der Waals surface area contributed by atoms with Gasteiger partial charge in [0.25, 0.3) is 5.91 Å². The van der Waals surface area contributed by atoms with Gasteiger partial charge in [0.1, 0.15) is 11.7 Å². The molecule has 1 saturated carbocycles. The number of amides is 1. The minimum absolute atomic E-state index is 0.0725. The number of rotatable bonds is 3. The zero-order valence-electron chi connectivity index (χ0n) is 13.9. The Bertz CT molecular complexity index is 875. The molecule has 2 atom stereocenters. The Kier molecular flexibility index (Phi) is 4.91. The van der Waals surface area contributed by atoms with E-state index >= 15 is 0 Å². The first-order valence-corrected chi connectivity index (χ1v) is 10.2. The number of carbonyl (C=O) groups excluding carboxylic acids is 2. The maximum absolute atomic E-state index is 12.6. The number of nitrogens with one attached hydrogen (secondary N) is 1. The molecule has 7 heteroatoms. The Morgan fingerprint density at radius 1 is 1.23 bits per heavy atom. The number of hydrogen-bond donors (Lipinski definition) is 1. The number of halogens is 1. The van der Waals surface area contributed by atoms with Crippen molar-refractivity contribution >= 4 is 44.1 Å². The molecule has 2 aliphatic rings. The number of fused-ring (bicyclic) bond motifs is 1. The Balaban J connectivity index is 1.47. The predicted octanol–water partition coefficient (Wildman–Crippen LogP) is 4.55. The fourth-order valence-electron chi connectivity index (χ4n) is 3.39. The fraction of sp³-hybridized carbons (Fsp3) is 0.316. The first-order chi connectivity index (χ1) is 12.6. The van der Waals surface area contributed by atoms with E-state index in [-0.39, 0.29) is 23.4 Å². The quantitative estimate of drug-likeness (QED) is 0.721. The van der Waals surface area contributed by atoms with Crippen molar-refractivity contribution in [3.8, 4) is 11.3 Å². The molecule has 1 N–H and O–H groups in total. The molecular weight excluding hydrogens is 416 g/mol. The maximum Gasteiger partial charge on any atom is 0.264 e. The van der Waals surface area contributed by atoms with Gasteiger partial charge in [-0.2, -0.15) is 0 Å². The third-order valence-electron chi connectivity index (χ3n) is 4.77. The molecule has 2 heterocycles. The van der Waals surface area contributed by atoms with Crippen LogP contribution in [-0.2, 0) is 14.3 Å². The van der Waals surface area contributed by atoms with Gasteiger partial charge in [0.05, 0.1) is 17.9 Å². The minimum atomic E-state index is -0.448. The monoisotopic (exact) mass is 432 g/mol. The van der Waals surface area contributed by atoms with Gasteiger partial charge in [-0.1, -0.05) is 34.5 Å². The highest BCUT2D eigenvalue weighted by atomic mass is 79.9. The summed E-state index contributed by atoms with van der Waals surface area (Å²) in [6.07, 6.45) is 5.00. The molecular formula is C19H17BrN2O3S. The van der Waals surface area contributed by atoms with Gasteiger partial charge in [-0.3, -0.25) is 14.9 Å². The number of hydrogen-bond acceptors (Lipinski definition) is 5. The topological polar surface area (TPSA) is 68.3 Å². The summed E-state index contributed by atoms with van der Waals surface area (Å²) in [7, 11) is 0. The number of aromatic nitrogens is 1. The highest BCUT2D eigenvalue weighted by Crippen LogP contribution is 2.33. The molecule has 0 bridgehead atoms. The molecule has 1 aromatic carbocycles. The molecule has 1 fully saturated rings. The van der Waals surface area contributed by atoms with Crippen LogP contribution < -0.4 is 5.32 Å². The summed E-state index contributed by atoms with van der Waals surface area (Å²) < 4.78 is 6.64. The van der Waals surface area contributed by atoms with E-state index in [1.807, 2.05) is 29.6 Å². The summed E-state index contributed by atoms with van der Waals surface area (Å²) in [5, 5.41) is 5.07. The van der Waals surface area contributed by atoms with Crippen LogP contribution in [-0.4, -0.2) is 22.8 Å². The molecule has 1 aliphatic heterocycles. The number of ether oxygens (including phenoxy) is 1. The smallest absolute Gasteiger partial charge is 0.264 e. The maximum atomic E-state index is 12.6. The van der Waals surface area contributed by atoms with E-state index in [0.717, 1.165) is 41.4 Å². The molecule has 4 rings (SSSR count). The molecule has 1 aromatic heterocycles. The second kappa shape index (κ2) is 7.32. The Morgan fingerprint density at radius 3 is 2.81 bits per heavy atom. The van der Waals surface area contributed by atoms with Gasteiger partial charge >= 0.3 is 0 Å². The lowest BCUT2D eigenvalue weighted by molar-refractivity contribution is -0.129. The molecule has 5 nitrogen and oxygen atoms in total. The first-order valence-electron chi connectivity index (χ1n) is 8.54. The SMILES string of the molecule is O=C(Nc1nc(-c2ccc(Br)cc2)cs1)C1=COC2CCCCC2C1=O. The molecule has 0 radical (unpaired) electrons. The number of nitrogens with zero attached hydrogens (tertiary/aromatic N) is 1. The Hall–Kier alpha value is -1.99. The lowest BCUT2D eigenvalue weighted by atomic mass is 9.80. The second-order valence-electron chi connectivity index (χ2n) is 6.46. The molecule has 0 spiro atoms. The van der Waals surface area contributed by atoms with Gasteiger partial charge in [-0.25, -0.2) is 4.98 Å². The number of anilines is 1. The van der Waals surface area contributed by atoms with Crippen molar-refractivity contribution in [2.45, 2.75) is 31.8 Å². The second-order valence-corrected chi connectivity index (χ2v) is 8.23. The van der Waals surface area contributed by atoms with Gasteiger partial charge in [0, 0.05) is 15.4 Å². The molecule has 2 aromatic rings. The lowest BCUT2D eigenvalue weighted by Crippen LogP contribution is -2.39. The van der Waals surface area contributed by atoms with Crippen LogP contribution in [0.25, 0.3) is 11.3 Å². The van der Waals surface area contributed by atoms with Crippen LogP contribution in [0.1, 0.15) is 25.7 Å². The number of thiazole rings is 1.